The second-order valence-corrected chi connectivity index (χ2v) is 18.4. The van der Waals surface area contributed by atoms with Crippen LogP contribution in [0.4, 0.5) is 23.0 Å². The first-order valence-electron chi connectivity index (χ1n) is 23.9. The van der Waals surface area contributed by atoms with E-state index in [1.165, 1.54) is 22.3 Å². The maximum Gasteiger partial charge on any atom is 0.198 e. The normalized spacial score (nSPS) is 17.6. The summed E-state index contributed by atoms with van der Waals surface area (Å²) in [6.45, 7) is 7.19. The Hall–Kier alpha value is -8.03. The first-order valence-corrected chi connectivity index (χ1v) is 23.9. The van der Waals surface area contributed by atoms with Crippen molar-refractivity contribution in [1.29, 1.82) is 0 Å². The Morgan fingerprint density at radius 1 is 0.441 bits per heavy atom. The van der Waals surface area contributed by atoms with Crippen molar-refractivity contribution < 1.29 is 4.79 Å². The molecule has 0 saturated carbocycles. The van der Waals surface area contributed by atoms with Crippen LogP contribution >= 0.6 is 0 Å². The first kappa shape index (κ1) is 41.4. The number of nitrogens with zero attached hydrogens (tertiary/aromatic N) is 6. The standard InChI is InChI=1S/C61H52N6O/c1-41-19-9-15-31-51(41)66-55(45-23-5-3-6-24-45)57(64-37-33-43-21-11-13-27-47(43)39-64)53(49-29-17-35-62-60(49)66)59(68)54-50-30-18-36-63-61(50)67(52-32-16-10-20-42(52)2)56(46-25-7-4-8-26-46)58(54)65-38-34-44-22-12-14-28-48(44)40-65/h3-32,35-36,55-56H,33-34,37-40H2,1-2H3. The number of hydrogen-bond donors (Lipinski definition) is 0. The Morgan fingerprint density at radius 3 is 1.25 bits per heavy atom. The van der Waals surface area contributed by atoms with E-state index in [0.717, 1.165) is 93.7 Å². The Bertz CT molecular complexity index is 3070. The molecule has 68 heavy (non-hydrogen) atoms. The summed E-state index contributed by atoms with van der Waals surface area (Å²) in [5.41, 5.74) is 16.8. The zero-order valence-electron chi connectivity index (χ0n) is 38.5. The van der Waals surface area contributed by atoms with Gasteiger partial charge in [-0.05, 0) is 108 Å². The molecule has 0 saturated heterocycles. The summed E-state index contributed by atoms with van der Waals surface area (Å²) in [5.74, 6) is 1.50. The SMILES string of the molecule is Cc1ccccc1N1c2ncccc2C(C(=O)C2=C(N3CCc4ccccc4C3)C(c3ccccc3)N(c3ccccc3C)c3ncccc32)=C(N2CCc3ccccc3C2)C1c1ccccc1. The summed E-state index contributed by atoms with van der Waals surface area (Å²) >= 11 is 0. The lowest BCUT2D eigenvalue weighted by atomic mass is 9.79. The molecule has 0 spiro atoms. The van der Waals surface area contributed by atoms with Crippen LogP contribution in [-0.2, 0) is 30.7 Å². The summed E-state index contributed by atoms with van der Waals surface area (Å²) in [7, 11) is 0. The number of ketones is 1. The lowest BCUT2D eigenvalue weighted by molar-refractivity contribution is -0.109. The molecule has 0 radical (unpaired) electrons. The number of Topliss-reactive ketones (excluding diaryl/α,β-unsaturated/α-hetero) is 1. The van der Waals surface area contributed by atoms with E-state index < -0.39 is 0 Å². The van der Waals surface area contributed by atoms with E-state index in [-0.39, 0.29) is 17.9 Å². The van der Waals surface area contributed by atoms with Gasteiger partial charge in [0.05, 0.1) is 22.5 Å². The predicted octanol–water partition coefficient (Wildman–Crippen LogP) is 12.7. The predicted molar refractivity (Wildman–Crippen MR) is 273 cm³/mol. The number of pyridine rings is 2. The van der Waals surface area contributed by atoms with Crippen molar-refractivity contribution in [3.63, 3.8) is 0 Å². The second-order valence-electron chi connectivity index (χ2n) is 18.4. The van der Waals surface area contributed by atoms with Gasteiger partial charge in [-0.3, -0.25) is 4.79 Å². The Labute approximate surface area is 399 Å². The zero-order chi connectivity index (χ0) is 45.7. The van der Waals surface area contributed by atoms with Gasteiger partial charge in [-0.25, -0.2) is 9.97 Å². The van der Waals surface area contributed by atoms with Gasteiger partial charge in [0.2, 0.25) is 0 Å². The fourth-order valence-electron chi connectivity index (χ4n) is 11.3. The van der Waals surface area contributed by atoms with Gasteiger partial charge in [0.25, 0.3) is 0 Å². The van der Waals surface area contributed by atoms with Gasteiger partial charge in [-0.1, -0.05) is 146 Å². The van der Waals surface area contributed by atoms with E-state index in [1.54, 1.807) is 0 Å². The molecule has 4 aliphatic rings. The number of carbonyl (C=O) groups is 1. The number of fused-ring (bicyclic) bond motifs is 4. The minimum atomic E-state index is -0.389. The molecule has 6 aromatic carbocycles. The minimum absolute atomic E-state index is 0.0213. The topological polar surface area (TPSA) is 55.8 Å². The van der Waals surface area contributed by atoms with Crippen molar-refractivity contribution in [3.8, 4) is 0 Å². The second kappa shape index (κ2) is 17.3. The van der Waals surface area contributed by atoms with Crippen LogP contribution in [0, 0.1) is 13.8 Å². The molecule has 2 atom stereocenters. The quantitative estimate of drug-likeness (QED) is 0.151. The highest BCUT2D eigenvalue weighted by Gasteiger charge is 2.47. The smallest absolute Gasteiger partial charge is 0.198 e. The van der Waals surface area contributed by atoms with Crippen LogP contribution in [0.15, 0.2) is 206 Å². The average molecular weight is 885 g/mol. The van der Waals surface area contributed by atoms with Gasteiger partial charge in [0.15, 0.2) is 5.78 Å². The fraction of sp³-hybridized carbons (Fsp3) is 0.164. The van der Waals surface area contributed by atoms with Gasteiger partial charge >= 0.3 is 0 Å². The molecule has 7 heteroatoms. The highest BCUT2D eigenvalue weighted by Crippen LogP contribution is 2.55. The molecular weight excluding hydrogens is 833 g/mol. The summed E-state index contributed by atoms with van der Waals surface area (Å²) in [4.78, 5) is 37.7. The lowest BCUT2D eigenvalue weighted by Crippen LogP contribution is -2.43. The van der Waals surface area contributed by atoms with E-state index in [0.29, 0.717) is 24.2 Å². The number of para-hydroxylation sites is 2. The third-order valence-corrected chi connectivity index (χ3v) is 14.5. The van der Waals surface area contributed by atoms with E-state index in [4.69, 9.17) is 9.97 Å². The first-order chi connectivity index (χ1) is 33.5. The van der Waals surface area contributed by atoms with Crippen LogP contribution in [0.1, 0.15) is 67.7 Å². The molecule has 332 valence electrons. The van der Waals surface area contributed by atoms with Crippen LogP contribution in [0.25, 0.3) is 11.1 Å². The van der Waals surface area contributed by atoms with Crippen molar-refractivity contribution in [2.75, 3.05) is 22.9 Å². The minimum Gasteiger partial charge on any atom is -0.368 e. The number of aromatic nitrogens is 2. The summed E-state index contributed by atoms with van der Waals surface area (Å²) in [6.07, 6.45) is 5.47. The highest BCUT2D eigenvalue weighted by atomic mass is 16.1. The summed E-state index contributed by atoms with van der Waals surface area (Å²) < 4.78 is 0. The van der Waals surface area contributed by atoms with Crippen molar-refractivity contribution in [3.05, 3.63) is 261 Å². The third kappa shape index (κ3) is 7.00. The number of allylic oxidation sites excluding steroid dienone is 2. The Kier molecular flexibility index (Phi) is 10.5. The number of benzene rings is 6. The molecule has 2 aromatic heterocycles. The van der Waals surface area contributed by atoms with E-state index in [9.17, 15) is 0 Å². The number of carbonyl (C=O) groups excluding carboxylic acids is 1. The molecule has 4 aliphatic heterocycles. The van der Waals surface area contributed by atoms with Crippen molar-refractivity contribution in [2.24, 2.45) is 0 Å². The number of rotatable bonds is 8. The van der Waals surface area contributed by atoms with Crippen LogP contribution in [0.5, 0.6) is 0 Å². The third-order valence-electron chi connectivity index (χ3n) is 14.5. The highest BCUT2D eigenvalue weighted by molar-refractivity contribution is 6.45. The fourth-order valence-corrected chi connectivity index (χ4v) is 11.3. The molecule has 12 rings (SSSR count). The zero-order valence-corrected chi connectivity index (χ0v) is 38.5. The maximum absolute atomic E-state index is 17.4. The van der Waals surface area contributed by atoms with E-state index >= 15 is 4.79 Å². The Balaban J connectivity index is 1.20. The van der Waals surface area contributed by atoms with Gasteiger partial charge < -0.3 is 19.6 Å². The maximum atomic E-state index is 17.4. The molecule has 0 amide bonds. The molecule has 0 N–H and O–H groups in total. The average Bonchev–Trinajstić information content (AvgIpc) is 3.40. The van der Waals surface area contributed by atoms with Crippen LogP contribution in [0.2, 0.25) is 0 Å². The van der Waals surface area contributed by atoms with Gasteiger partial charge in [-0.15, -0.1) is 0 Å². The molecular formula is C61H52N6O. The molecule has 2 unspecified atom stereocenters. The Morgan fingerprint density at radius 2 is 0.824 bits per heavy atom. The van der Waals surface area contributed by atoms with Crippen molar-refractivity contribution in [2.45, 2.75) is 51.9 Å². The number of anilines is 4. The van der Waals surface area contributed by atoms with E-state index in [1.807, 2.05) is 24.5 Å². The van der Waals surface area contributed by atoms with Crippen molar-refractivity contribution >= 4 is 39.9 Å². The monoisotopic (exact) mass is 884 g/mol. The molecule has 0 fully saturated rings. The molecule has 0 aliphatic carbocycles. The van der Waals surface area contributed by atoms with Crippen LogP contribution in [-0.4, -0.2) is 38.6 Å². The number of hydrogen-bond acceptors (Lipinski definition) is 7. The molecule has 7 nitrogen and oxygen atoms in total. The number of aryl methyl sites for hydroxylation is 2. The van der Waals surface area contributed by atoms with Crippen molar-refractivity contribution in [1.82, 2.24) is 19.8 Å². The molecule has 6 heterocycles. The van der Waals surface area contributed by atoms with Crippen LogP contribution in [0.3, 0.4) is 0 Å². The molecule has 0 bridgehead atoms. The van der Waals surface area contributed by atoms with E-state index in [2.05, 4.69) is 203 Å². The summed E-state index contributed by atoms with van der Waals surface area (Å²) in [6, 6.07) is 63.7. The summed E-state index contributed by atoms with van der Waals surface area (Å²) in [5, 5.41) is 0. The van der Waals surface area contributed by atoms with Gasteiger partial charge in [-0.2, -0.15) is 0 Å². The van der Waals surface area contributed by atoms with Crippen LogP contribution < -0.4 is 9.80 Å². The molecule has 8 aromatic rings. The largest absolute Gasteiger partial charge is 0.368 e. The lowest BCUT2D eigenvalue weighted by Gasteiger charge is -2.48. The van der Waals surface area contributed by atoms with Gasteiger partial charge in [0.1, 0.15) is 23.7 Å². The van der Waals surface area contributed by atoms with Gasteiger partial charge in [0, 0.05) is 61.1 Å².